The van der Waals surface area contributed by atoms with Crippen LogP contribution in [0.4, 0.5) is 0 Å². The molecule has 1 aliphatic carbocycles. The Hall–Kier alpha value is -2.15. The van der Waals surface area contributed by atoms with Crippen LogP contribution in [0.2, 0.25) is 0 Å². The molecule has 28 heavy (non-hydrogen) atoms. The predicted molar refractivity (Wildman–Crippen MR) is 110 cm³/mol. The molecule has 0 aromatic heterocycles. The van der Waals surface area contributed by atoms with Gasteiger partial charge in [0.2, 0.25) is 5.91 Å². The van der Waals surface area contributed by atoms with Gasteiger partial charge in [-0.25, -0.2) is 0 Å². The molecular formula is C21H27N3O3S. The number of aryl methyl sites for hydroxylation is 1. The second kappa shape index (κ2) is 7.35. The Morgan fingerprint density at radius 2 is 1.79 bits per heavy atom. The van der Waals surface area contributed by atoms with Crippen LogP contribution >= 0.6 is 0 Å². The van der Waals surface area contributed by atoms with Gasteiger partial charge in [0.15, 0.2) is 0 Å². The first-order valence-electron chi connectivity index (χ1n) is 10.1. The third-order valence-electron chi connectivity index (χ3n) is 5.76. The molecule has 2 heterocycles. The Morgan fingerprint density at radius 3 is 2.36 bits per heavy atom. The molecule has 2 aliphatic heterocycles. The van der Waals surface area contributed by atoms with Gasteiger partial charge in [0, 0.05) is 30.6 Å². The summed E-state index contributed by atoms with van der Waals surface area (Å²) in [4.78, 5) is 14.7. The molecule has 1 amide bonds. The van der Waals surface area contributed by atoms with Gasteiger partial charge < -0.3 is 10.2 Å². The summed E-state index contributed by atoms with van der Waals surface area (Å²) in [6.45, 7) is 5.26. The molecule has 150 valence electrons. The van der Waals surface area contributed by atoms with Crippen molar-refractivity contribution >= 4 is 26.7 Å². The van der Waals surface area contributed by atoms with Crippen LogP contribution in [0.5, 0.6) is 0 Å². The van der Waals surface area contributed by atoms with Crippen LogP contribution in [0.25, 0.3) is 4.91 Å². The van der Waals surface area contributed by atoms with Crippen LogP contribution in [-0.4, -0.2) is 44.2 Å². The average Bonchev–Trinajstić information content (AvgIpc) is 3.44. The quantitative estimate of drug-likeness (QED) is 0.841. The predicted octanol–water partition coefficient (Wildman–Crippen LogP) is 2.85. The molecule has 1 N–H and O–H groups in total. The topological polar surface area (TPSA) is 78.8 Å². The molecule has 0 atom stereocenters. The van der Waals surface area contributed by atoms with E-state index in [4.69, 9.17) is 0 Å². The molecule has 1 aromatic carbocycles. The molecule has 1 saturated heterocycles. The molecule has 0 spiro atoms. The fourth-order valence-corrected chi connectivity index (χ4v) is 5.49. The summed E-state index contributed by atoms with van der Waals surface area (Å²) in [7, 11) is -3.70. The van der Waals surface area contributed by atoms with E-state index in [1.807, 2.05) is 43.0 Å². The van der Waals surface area contributed by atoms with Crippen molar-refractivity contribution < 1.29 is 13.2 Å². The zero-order chi connectivity index (χ0) is 19.9. The van der Waals surface area contributed by atoms with E-state index >= 15 is 0 Å². The molecule has 0 unspecified atom stereocenters. The Balaban J connectivity index is 1.54. The molecule has 0 radical (unpaired) electrons. The first-order chi connectivity index (χ1) is 13.4. The van der Waals surface area contributed by atoms with Crippen molar-refractivity contribution in [3.05, 3.63) is 41.0 Å². The lowest BCUT2D eigenvalue weighted by atomic mass is 9.94. The minimum atomic E-state index is -3.70. The van der Waals surface area contributed by atoms with Crippen molar-refractivity contribution in [1.29, 1.82) is 0 Å². The number of amidine groups is 1. The largest absolute Gasteiger partial charge is 0.356 e. The Bertz CT molecular complexity index is 936. The highest BCUT2D eigenvalue weighted by atomic mass is 32.2. The third kappa shape index (κ3) is 3.72. The molecular weight excluding hydrogens is 374 g/mol. The van der Waals surface area contributed by atoms with Gasteiger partial charge in [0.25, 0.3) is 10.0 Å². The van der Waals surface area contributed by atoms with Gasteiger partial charge >= 0.3 is 0 Å². The maximum absolute atomic E-state index is 12.8. The fourth-order valence-electron chi connectivity index (χ4n) is 3.97. The van der Waals surface area contributed by atoms with Gasteiger partial charge in [0.1, 0.15) is 10.7 Å². The fraction of sp³-hybridized carbons (Fsp3) is 0.524. The minimum absolute atomic E-state index is 0.0149. The van der Waals surface area contributed by atoms with Crippen LogP contribution in [-0.2, 0) is 14.8 Å². The van der Waals surface area contributed by atoms with Crippen molar-refractivity contribution in [2.24, 2.45) is 10.3 Å². The summed E-state index contributed by atoms with van der Waals surface area (Å²) < 4.78 is 29.8. The van der Waals surface area contributed by atoms with E-state index in [0.29, 0.717) is 41.9 Å². The van der Waals surface area contributed by atoms with Crippen LogP contribution in [0.1, 0.15) is 50.2 Å². The van der Waals surface area contributed by atoms with E-state index < -0.39 is 10.0 Å². The maximum Gasteiger partial charge on any atom is 0.285 e. The number of hydrogen-bond acceptors (Lipinski definition) is 4. The number of piperidine rings is 1. The van der Waals surface area contributed by atoms with Crippen molar-refractivity contribution in [2.75, 3.05) is 13.1 Å². The normalized spacial score (nSPS) is 22.4. The van der Waals surface area contributed by atoms with Gasteiger partial charge in [-0.3, -0.25) is 4.79 Å². The zero-order valence-electron chi connectivity index (χ0n) is 16.4. The SMILES string of the molecule is CCC1=C(c2ccc(C)cc2)S(=O)(=O)N=C1N1CCC(C(=O)NC2CC2)CC1. The van der Waals surface area contributed by atoms with E-state index in [1.165, 1.54) is 0 Å². The van der Waals surface area contributed by atoms with E-state index in [-0.39, 0.29) is 11.8 Å². The summed E-state index contributed by atoms with van der Waals surface area (Å²) >= 11 is 0. The highest BCUT2D eigenvalue weighted by Crippen LogP contribution is 2.36. The maximum atomic E-state index is 12.8. The number of carbonyl (C=O) groups is 1. The Labute approximate surface area is 166 Å². The number of sulfonamides is 1. The first-order valence-corrected chi connectivity index (χ1v) is 11.5. The average molecular weight is 402 g/mol. The van der Waals surface area contributed by atoms with Gasteiger partial charge in [-0.05, 0) is 44.6 Å². The van der Waals surface area contributed by atoms with Gasteiger partial charge in [-0.2, -0.15) is 8.42 Å². The number of hydrogen-bond donors (Lipinski definition) is 1. The summed E-state index contributed by atoms with van der Waals surface area (Å²) in [6, 6.07) is 7.93. The number of rotatable bonds is 4. The molecule has 7 heteroatoms. The molecule has 2 fully saturated rings. The van der Waals surface area contributed by atoms with Crippen molar-refractivity contribution in [1.82, 2.24) is 10.2 Å². The second-order valence-corrected chi connectivity index (χ2v) is 9.50. The lowest BCUT2D eigenvalue weighted by molar-refractivity contribution is -0.126. The molecule has 3 aliphatic rings. The Kier molecular flexibility index (Phi) is 5.04. The first kappa shape index (κ1) is 19.2. The van der Waals surface area contributed by atoms with Crippen LogP contribution in [0.15, 0.2) is 34.2 Å². The molecule has 1 aromatic rings. The highest BCUT2D eigenvalue weighted by Gasteiger charge is 2.37. The number of nitrogens with one attached hydrogen (secondary N) is 1. The number of likely N-dealkylation sites (tertiary alicyclic amines) is 1. The smallest absolute Gasteiger partial charge is 0.285 e. The van der Waals surface area contributed by atoms with E-state index in [9.17, 15) is 13.2 Å². The lowest BCUT2D eigenvalue weighted by Crippen LogP contribution is -2.43. The molecule has 1 saturated carbocycles. The summed E-state index contributed by atoms with van der Waals surface area (Å²) in [5, 5.41) is 3.08. The standard InChI is InChI=1S/C21H27N3O3S/c1-3-18-19(15-6-4-14(2)5-7-15)28(26,27)23-20(18)24-12-10-16(11-13-24)21(25)22-17-8-9-17/h4-7,16-17H,3,8-13H2,1-2H3,(H,22,25). The van der Waals surface area contributed by atoms with Crippen molar-refractivity contribution in [3.63, 3.8) is 0 Å². The minimum Gasteiger partial charge on any atom is -0.356 e. The molecule has 0 bridgehead atoms. The number of benzene rings is 1. The van der Waals surface area contributed by atoms with E-state index in [2.05, 4.69) is 9.71 Å². The summed E-state index contributed by atoms with van der Waals surface area (Å²) in [5.74, 6) is 0.731. The van der Waals surface area contributed by atoms with E-state index in [0.717, 1.165) is 36.8 Å². The summed E-state index contributed by atoms with van der Waals surface area (Å²) in [6.07, 6.45) is 4.24. The lowest BCUT2D eigenvalue weighted by Gasteiger charge is -2.33. The van der Waals surface area contributed by atoms with Crippen LogP contribution in [0, 0.1) is 12.8 Å². The number of amides is 1. The monoisotopic (exact) mass is 401 g/mol. The van der Waals surface area contributed by atoms with Crippen molar-refractivity contribution in [2.45, 2.75) is 52.0 Å². The van der Waals surface area contributed by atoms with Gasteiger partial charge in [0.05, 0.1) is 0 Å². The Morgan fingerprint density at radius 1 is 1.14 bits per heavy atom. The van der Waals surface area contributed by atoms with E-state index in [1.54, 1.807) is 0 Å². The van der Waals surface area contributed by atoms with Gasteiger partial charge in [-0.15, -0.1) is 4.40 Å². The number of carbonyl (C=O) groups excluding carboxylic acids is 1. The molecule has 4 rings (SSSR count). The molecule has 6 nitrogen and oxygen atoms in total. The number of nitrogens with zero attached hydrogens (tertiary/aromatic N) is 2. The third-order valence-corrected chi connectivity index (χ3v) is 7.18. The highest BCUT2D eigenvalue weighted by molar-refractivity contribution is 8.00. The summed E-state index contributed by atoms with van der Waals surface area (Å²) in [5.41, 5.74) is 2.56. The van der Waals surface area contributed by atoms with Crippen LogP contribution in [0.3, 0.4) is 0 Å². The zero-order valence-corrected chi connectivity index (χ0v) is 17.3. The van der Waals surface area contributed by atoms with Crippen molar-refractivity contribution in [3.8, 4) is 0 Å². The van der Waals surface area contributed by atoms with Gasteiger partial charge in [-0.1, -0.05) is 36.8 Å². The second-order valence-electron chi connectivity index (χ2n) is 7.96. The van der Waals surface area contributed by atoms with Crippen LogP contribution < -0.4 is 5.32 Å².